The lowest BCUT2D eigenvalue weighted by Crippen LogP contribution is -2.32. The van der Waals surface area contributed by atoms with Crippen LogP contribution in [0.2, 0.25) is 0 Å². The van der Waals surface area contributed by atoms with E-state index in [1.165, 1.54) is 0 Å². The molecule has 0 unspecified atom stereocenters. The van der Waals surface area contributed by atoms with Crippen molar-refractivity contribution >= 4 is 0 Å². The Labute approximate surface area is 95.7 Å². The van der Waals surface area contributed by atoms with Crippen LogP contribution in [0.3, 0.4) is 0 Å². The van der Waals surface area contributed by atoms with Crippen molar-refractivity contribution < 1.29 is 26.7 Å². The highest BCUT2D eigenvalue weighted by atomic mass is 19.3. The Morgan fingerprint density at radius 1 is 1.35 bits per heavy atom. The Hall–Kier alpha value is -1.08. The van der Waals surface area contributed by atoms with Crippen LogP contribution in [-0.4, -0.2) is 26.0 Å². The molecule has 17 heavy (non-hydrogen) atoms. The van der Waals surface area contributed by atoms with E-state index in [0.717, 1.165) is 0 Å². The van der Waals surface area contributed by atoms with Crippen LogP contribution in [0.5, 0.6) is 0 Å². The van der Waals surface area contributed by atoms with Gasteiger partial charge in [0, 0.05) is 0 Å². The predicted molar refractivity (Wildman–Crippen MR) is 52.1 cm³/mol. The highest BCUT2D eigenvalue weighted by molar-refractivity contribution is 5.06. The minimum Gasteiger partial charge on any atom is -0.462 e. The zero-order chi connectivity index (χ0) is 12.9. The second-order valence-electron chi connectivity index (χ2n) is 3.45. The molecule has 0 aliphatic carbocycles. The first-order chi connectivity index (χ1) is 7.95. The second-order valence-corrected chi connectivity index (χ2v) is 3.45. The zero-order valence-electron chi connectivity index (χ0n) is 9.18. The number of rotatable bonds is 7. The minimum absolute atomic E-state index is 0.258. The fourth-order valence-electron chi connectivity index (χ4n) is 1.12. The molecule has 7 heteroatoms. The van der Waals surface area contributed by atoms with Gasteiger partial charge < -0.3 is 14.5 Å². The summed E-state index contributed by atoms with van der Waals surface area (Å²) >= 11 is 0. The molecular weight excluding hydrogens is 242 g/mol. The van der Waals surface area contributed by atoms with Crippen molar-refractivity contribution in [3.63, 3.8) is 0 Å². The van der Waals surface area contributed by atoms with Gasteiger partial charge in [0.15, 0.2) is 0 Å². The van der Waals surface area contributed by atoms with Crippen LogP contribution >= 0.6 is 0 Å². The van der Waals surface area contributed by atoms with E-state index in [1.807, 2.05) is 0 Å². The van der Waals surface area contributed by atoms with Gasteiger partial charge in [-0.1, -0.05) is 0 Å². The monoisotopic (exact) mass is 255 g/mol. The van der Waals surface area contributed by atoms with Gasteiger partial charge in [-0.15, -0.1) is 0 Å². The fourth-order valence-corrected chi connectivity index (χ4v) is 1.12. The van der Waals surface area contributed by atoms with Crippen LogP contribution in [0.1, 0.15) is 11.5 Å². The lowest BCUT2D eigenvalue weighted by molar-refractivity contribution is -0.169. The second kappa shape index (κ2) is 6.02. The predicted octanol–water partition coefficient (Wildman–Crippen LogP) is 2.42. The van der Waals surface area contributed by atoms with Gasteiger partial charge in [0.05, 0.1) is 6.54 Å². The summed E-state index contributed by atoms with van der Waals surface area (Å²) in [7, 11) is 1.72. The third kappa shape index (κ3) is 4.35. The van der Waals surface area contributed by atoms with E-state index in [1.54, 1.807) is 19.2 Å². The van der Waals surface area contributed by atoms with Crippen molar-refractivity contribution in [2.45, 2.75) is 25.5 Å². The van der Waals surface area contributed by atoms with Gasteiger partial charge in [-0.25, -0.2) is 8.78 Å². The summed E-state index contributed by atoms with van der Waals surface area (Å²) in [5, 5.41) is 2.84. The van der Waals surface area contributed by atoms with Crippen molar-refractivity contribution in [3.8, 4) is 0 Å². The van der Waals surface area contributed by atoms with Gasteiger partial charge in [0.25, 0.3) is 0 Å². The maximum absolute atomic E-state index is 12.5. The number of alkyl halides is 4. The minimum atomic E-state index is -4.12. The largest absolute Gasteiger partial charge is 0.462 e. The van der Waals surface area contributed by atoms with Crippen LogP contribution in [-0.2, 0) is 17.9 Å². The molecule has 0 saturated carbocycles. The SMILES string of the molecule is CNCc1ccc(COCC(F)(F)C(F)F)o1. The summed E-state index contributed by atoms with van der Waals surface area (Å²) in [5.74, 6) is -3.19. The molecule has 98 valence electrons. The van der Waals surface area contributed by atoms with Crippen LogP contribution < -0.4 is 5.32 Å². The van der Waals surface area contributed by atoms with Crippen molar-refractivity contribution in [3.05, 3.63) is 23.7 Å². The number of ether oxygens (including phenoxy) is 1. The lowest BCUT2D eigenvalue weighted by Gasteiger charge is -2.14. The van der Waals surface area contributed by atoms with Gasteiger partial charge >= 0.3 is 12.3 Å². The number of furan rings is 1. The summed E-state index contributed by atoms with van der Waals surface area (Å²) in [6, 6.07) is 3.20. The average Bonchev–Trinajstić information content (AvgIpc) is 2.66. The Bertz CT molecular complexity index is 341. The molecule has 0 aliphatic heterocycles. The number of hydrogen-bond donors (Lipinski definition) is 1. The topological polar surface area (TPSA) is 34.4 Å². The van der Waals surface area contributed by atoms with E-state index < -0.39 is 19.0 Å². The molecule has 0 aromatic carbocycles. The summed E-state index contributed by atoms with van der Waals surface area (Å²) in [6.07, 6.45) is -3.72. The molecular formula is C10H13F4NO2. The van der Waals surface area contributed by atoms with E-state index in [9.17, 15) is 17.6 Å². The maximum Gasteiger partial charge on any atom is 0.330 e. The highest BCUT2D eigenvalue weighted by Gasteiger charge is 2.40. The van der Waals surface area contributed by atoms with Gasteiger partial charge in [-0.2, -0.15) is 8.78 Å². The summed E-state index contributed by atoms with van der Waals surface area (Å²) in [6.45, 7) is -1.09. The third-order valence-electron chi connectivity index (χ3n) is 1.93. The number of nitrogens with one attached hydrogen (secondary N) is 1. The van der Waals surface area contributed by atoms with E-state index in [4.69, 9.17) is 4.42 Å². The first-order valence-corrected chi connectivity index (χ1v) is 4.91. The Morgan fingerprint density at radius 3 is 2.59 bits per heavy atom. The Kier molecular flexibility index (Phi) is 4.95. The molecule has 1 aromatic rings. The molecule has 1 aromatic heterocycles. The third-order valence-corrected chi connectivity index (χ3v) is 1.93. The number of halogens is 4. The molecule has 0 spiro atoms. The smallest absolute Gasteiger partial charge is 0.330 e. The van der Waals surface area contributed by atoms with Crippen LogP contribution in [0, 0.1) is 0 Å². The maximum atomic E-state index is 12.5. The van der Waals surface area contributed by atoms with Crippen LogP contribution in [0.4, 0.5) is 17.6 Å². The fraction of sp³-hybridized carbons (Fsp3) is 0.600. The Balaban J connectivity index is 2.35. The average molecular weight is 255 g/mol. The normalized spacial score (nSPS) is 12.4. The Morgan fingerprint density at radius 2 is 2.00 bits per heavy atom. The standard InChI is InChI=1S/C10H13F4NO2/c1-15-4-7-2-3-8(17-7)5-16-6-10(13,14)9(11)12/h2-3,9,15H,4-6H2,1H3. The molecule has 0 aliphatic rings. The van der Waals surface area contributed by atoms with Crippen molar-refractivity contribution in [2.24, 2.45) is 0 Å². The van der Waals surface area contributed by atoms with Crippen LogP contribution in [0.25, 0.3) is 0 Å². The lowest BCUT2D eigenvalue weighted by atomic mass is 10.4. The molecule has 1 heterocycles. The van der Waals surface area contributed by atoms with Gasteiger partial charge in [-0.05, 0) is 19.2 Å². The molecule has 3 nitrogen and oxygen atoms in total. The molecule has 1 N–H and O–H groups in total. The van der Waals surface area contributed by atoms with Crippen LogP contribution in [0.15, 0.2) is 16.5 Å². The molecule has 0 amide bonds. The highest BCUT2D eigenvalue weighted by Crippen LogP contribution is 2.23. The van der Waals surface area contributed by atoms with E-state index >= 15 is 0 Å². The van der Waals surface area contributed by atoms with Crippen molar-refractivity contribution in [1.82, 2.24) is 5.32 Å². The molecule has 0 saturated heterocycles. The molecule has 0 atom stereocenters. The van der Waals surface area contributed by atoms with E-state index in [2.05, 4.69) is 10.1 Å². The number of hydrogen-bond acceptors (Lipinski definition) is 3. The zero-order valence-corrected chi connectivity index (χ0v) is 9.18. The molecule has 1 rings (SSSR count). The summed E-state index contributed by atoms with van der Waals surface area (Å²) in [5.41, 5.74) is 0. The van der Waals surface area contributed by atoms with Gasteiger partial charge in [0.2, 0.25) is 0 Å². The molecule has 0 fully saturated rings. The van der Waals surface area contributed by atoms with Gasteiger partial charge in [0.1, 0.15) is 24.7 Å². The first kappa shape index (κ1) is 14.0. The molecule has 0 radical (unpaired) electrons. The van der Waals surface area contributed by atoms with E-state index in [0.29, 0.717) is 18.1 Å². The summed E-state index contributed by atoms with van der Waals surface area (Å²) in [4.78, 5) is 0. The van der Waals surface area contributed by atoms with E-state index in [-0.39, 0.29) is 6.61 Å². The van der Waals surface area contributed by atoms with Crippen molar-refractivity contribution in [1.29, 1.82) is 0 Å². The molecule has 0 bridgehead atoms. The van der Waals surface area contributed by atoms with Gasteiger partial charge in [-0.3, -0.25) is 0 Å². The summed E-state index contributed by atoms with van der Waals surface area (Å²) < 4.78 is 58.2. The quantitative estimate of drug-likeness (QED) is 0.760. The van der Waals surface area contributed by atoms with Crippen molar-refractivity contribution in [2.75, 3.05) is 13.7 Å². The first-order valence-electron chi connectivity index (χ1n) is 4.91.